The molecule has 0 amide bonds. The number of hydrogen-bond acceptors (Lipinski definition) is 1. The molecule has 0 aromatic heterocycles. The summed E-state index contributed by atoms with van der Waals surface area (Å²) in [6.45, 7) is 14.2. The molecule has 1 aromatic rings. The van der Waals surface area contributed by atoms with Gasteiger partial charge in [0.15, 0.2) is 0 Å². The van der Waals surface area contributed by atoms with Crippen molar-refractivity contribution in [1.29, 1.82) is 0 Å². The van der Waals surface area contributed by atoms with Gasteiger partial charge >= 0.3 is 0 Å². The zero-order valence-electron chi connectivity index (χ0n) is 12.1. The Morgan fingerprint density at radius 2 is 1.65 bits per heavy atom. The first-order valence-electron chi connectivity index (χ1n) is 6.27. The van der Waals surface area contributed by atoms with Crippen LogP contribution in [0.4, 0.5) is 4.39 Å². The number of hydrogen-bond donors (Lipinski definition) is 0. The van der Waals surface area contributed by atoms with E-state index in [-0.39, 0.29) is 17.3 Å². The molecular weight excluding hydrogens is 215 g/mol. The number of rotatable bonds is 2. The zero-order chi connectivity index (χ0) is 13.6. The molecule has 0 spiro atoms. The minimum absolute atomic E-state index is 0.0298. The molecule has 98 valence electrons. The van der Waals surface area contributed by atoms with Crippen LogP contribution in [0.5, 0.6) is 5.75 Å². The Morgan fingerprint density at radius 1 is 1.12 bits per heavy atom. The molecule has 0 saturated heterocycles. The maximum atomic E-state index is 13.1. The minimum Gasteiger partial charge on any atom is -0.491 e. The van der Waals surface area contributed by atoms with E-state index in [4.69, 9.17) is 4.74 Å². The minimum atomic E-state index is -0.251. The molecule has 0 bridgehead atoms. The lowest BCUT2D eigenvalue weighted by atomic mass is 9.86. The Morgan fingerprint density at radius 3 is 2.06 bits per heavy atom. The molecule has 0 aliphatic heterocycles. The molecular formula is C15H25FO. The highest BCUT2D eigenvalue weighted by Crippen LogP contribution is 2.32. The highest BCUT2D eigenvalue weighted by Gasteiger charge is 2.19. The van der Waals surface area contributed by atoms with Crippen molar-refractivity contribution >= 4 is 0 Å². The molecule has 1 nitrogen and oxygen atoms in total. The number of benzene rings is 1. The topological polar surface area (TPSA) is 9.23 Å². The Balaban J connectivity index is 0.00000121. The van der Waals surface area contributed by atoms with Gasteiger partial charge in [0.2, 0.25) is 0 Å². The molecule has 0 saturated carbocycles. The fourth-order valence-electron chi connectivity index (χ4n) is 1.47. The molecule has 0 atom stereocenters. The van der Waals surface area contributed by atoms with Crippen LogP contribution in [-0.4, -0.2) is 6.10 Å². The number of halogens is 1. The third-order valence-corrected chi connectivity index (χ3v) is 2.11. The van der Waals surface area contributed by atoms with E-state index in [0.29, 0.717) is 5.75 Å². The van der Waals surface area contributed by atoms with Crippen LogP contribution < -0.4 is 4.74 Å². The summed E-state index contributed by atoms with van der Waals surface area (Å²) in [6.07, 6.45) is 0.0629. The van der Waals surface area contributed by atoms with E-state index in [0.717, 1.165) is 5.56 Å². The van der Waals surface area contributed by atoms with Crippen molar-refractivity contribution in [1.82, 2.24) is 0 Å². The van der Waals surface area contributed by atoms with Crippen LogP contribution in [0.2, 0.25) is 0 Å². The van der Waals surface area contributed by atoms with E-state index < -0.39 is 0 Å². The molecule has 0 unspecified atom stereocenters. The third kappa shape index (κ3) is 5.20. The Hall–Kier alpha value is -1.05. The summed E-state index contributed by atoms with van der Waals surface area (Å²) < 4.78 is 18.7. The van der Waals surface area contributed by atoms with Crippen molar-refractivity contribution in [3.05, 3.63) is 29.6 Å². The van der Waals surface area contributed by atoms with Crippen LogP contribution in [0.25, 0.3) is 0 Å². The van der Waals surface area contributed by atoms with E-state index in [1.165, 1.54) is 12.1 Å². The second-order valence-corrected chi connectivity index (χ2v) is 5.06. The Bertz CT molecular complexity index is 337. The summed E-state index contributed by atoms with van der Waals surface area (Å²) >= 11 is 0. The van der Waals surface area contributed by atoms with Crippen LogP contribution in [-0.2, 0) is 5.41 Å². The predicted molar refractivity (Wildman–Crippen MR) is 72.2 cm³/mol. The summed E-state index contributed by atoms with van der Waals surface area (Å²) in [5.41, 5.74) is 1.01. The van der Waals surface area contributed by atoms with Gasteiger partial charge in [-0.25, -0.2) is 4.39 Å². The molecule has 1 aromatic carbocycles. The van der Waals surface area contributed by atoms with E-state index in [9.17, 15) is 4.39 Å². The highest BCUT2D eigenvalue weighted by atomic mass is 19.1. The van der Waals surface area contributed by atoms with Gasteiger partial charge in [0.25, 0.3) is 0 Å². The van der Waals surface area contributed by atoms with Crippen molar-refractivity contribution in [3.8, 4) is 5.75 Å². The molecule has 0 N–H and O–H groups in total. The highest BCUT2D eigenvalue weighted by molar-refractivity contribution is 5.39. The van der Waals surface area contributed by atoms with E-state index in [2.05, 4.69) is 20.8 Å². The van der Waals surface area contributed by atoms with Crippen molar-refractivity contribution in [2.45, 2.75) is 60.0 Å². The maximum absolute atomic E-state index is 13.1. The van der Waals surface area contributed by atoms with Gasteiger partial charge in [0, 0.05) is 6.07 Å². The second-order valence-electron chi connectivity index (χ2n) is 5.06. The summed E-state index contributed by atoms with van der Waals surface area (Å²) in [6, 6.07) is 4.74. The smallest absolute Gasteiger partial charge is 0.126 e. The molecule has 2 heteroatoms. The van der Waals surface area contributed by atoms with E-state index in [1.807, 2.05) is 27.7 Å². The van der Waals surface area contributed by atoms with Crippen LogP contribution in [0, 0.1) is 5.82 Å². The predicted octanol–water partition coefficient (Wildman–Crippen LogP) is 4.94. The van der Waals surface area contributed by atoms with Gasteiger partial charge in [-0.2, -0.15) is 0 Å². The van der Waals surface area contributed by atoms with Gasteiger partial charge in [0.1, 0.15) is 11.6 Å². The normalized spacial score (nSPS) is 10.9. The Kier molecular flexibility index (Phi) is 6.22. The van der Waals surface area contributed by atoms with Gasteiger partial charge in [0.05, 0.1) is 6.10 Å². The van der Waals surface area contributed by atoms with Crippen LogP contribution in [0.3, 0.4) is 0 Å². The van der Waals surface area contributed by atoms with Crippen molar-refractivity contribution in [2.75, 3.05) is 0 Å². The summed E-state index contributed by atoms with van der Waals surface area (Å²) in [5.74, 6) is 0.399. The molecule has 17 heavy (non-hydrogen) atoms. The first-order chi connectivity index (χ1) is 7.80. The molecule has 1 rings (SSSR count). The Labute approximate surface area is 105 Å². The molecule has 0 aliphatic rings. The molecule has 0 aliphatic carbocycles. The average molecular weight is 240 g/mol. The standard InChI is InChI=1S/C13H19FO.C2H6/c1-9(2)15-12-8-10(14)6-7-11(12)13(3,4)5;1-2/h6-9H,1-5H3;1-2H3. The van der Waals surface area contributed by atoms with Crippen LogP contribution in [0.1, 0.15) is 54.0 Å². The number of ether oxygens (including phenoxy) is 1. The monoisotopic (exact) mass is 240 g/mol. The van der Waals surface area contributed by atoms with Crippen molar-refractivity contribution in [2.24, 2.45) is 0 Å². The first kappa shape index (κ1) is 16.0. The fraction of sp³-hybridized carbons (Fsp3) is 0.600. The van der Waals surface area contributed by atoms with Gasteiger partial charge in [-0.15, -0.1) is 0 Å². The van der Waals surface area contributed by atoms with Crippen LogP contribution >= 0.6 is 0 Å². The van der Waals surface area contributed by atoms with Gasteiger partial charge < -0.3 is 4.74 Å². The van der Waals surface area contributed by atoms with Gasteiger partial charge in [-0.1, -0.05) is 40.7 Å². The summed E-state index contributed by atoms with van der Waals surface area (Å²) in [7, 11) is 0. The van der Waals surface area contributed by atoms with E-state index >= 15 is 0 Å². The SMILES string of the molecule is CC.CC(C)Oc1cc(F)ccc1C(C)(C)C. The van der Waals surface area contributed by atoms with Crippen molar-refractivity contribution in [3.63, 3.8) is 0 Å². The van der Waals surface area contributed by atoms with Gasteiger partial charge in [-0.3, -0.25) is 0 Å². The lowest BCUT2D eigenvalue weighted by molar-refractivity contribution is 0.235. The second kappa shape index (κ2) is 6.63. The largest absolute Gasteiger partial charge is 0.491 e. The fourth-order valence-corrected chi connectivity index (χ4v) is 1.47. The van der Waals surface area contributed by atoms with Crippen LogP contribution in [0.15, 0.2) is 18.2 Å². The quantitative estimate of drug-likeness (QED) is 0.711. The first-order valence-corrected chi connectivity index (χ1v) is 6.27. The lowest BCUT2D eigenvalue weighted by Gasteiger charge is -2.23. The summed E-state index contributed by atoms with van der Waals surface area (Å²) in [4.78, 5) is 0. The summed E-state index contributed by atoms with van der Waals surface area (Å²) in [5, 5.41) is 0. The van der Waals surface area contributed by atoms with Crippen molar-refractivity contribution < 1.29 is 9.13 Å². The van der Waals surface area contributed by atoms with Gasteiger partial charge in [-0.05, 0) is 30.9 Å². The molecule has 0 radical (unpaired) electrons. The zero-order valence-corrected chi connectivity index (χ0v) is 12.1. The maximum Gasteiger partial charge on any atom is 0.126 e. The molecule has 0 heterocycles. The average Bonchev–Trinajstić information content (AvgIpc) is 2.17. The third-order valence-electron chi connectivity index (χ3n) is 2.11. The van der Waals surface area contributed by atoms with E-state index in [1.54, 1.807) is 6.07 Å². The lowest BCUT2D eigenvalue weighted by Crippen LogP contribution is -2.16. The molecule has 0 fully saturated rings.